The zero-order valence-corrected chi connectivity index (χ0v) is 34.1. The Labute approximate surface area is 316 Å². The molecule has 0 aliphatic rings. The lowest BCUT2D eigenvalue weighted by Gasteiger charge is -2.20. The summed E-state index contributed by atoms with van der Waals surface area (Å²) in [7, 11) is -4.70. The maximum atomic E-state index is 12.6. The Morgan fingerprint density at radius 1 is 0.519 bits per heavy atom. The van der Waals surface area contributed by atoms with E-state index in [1.165, 1.54) is 128 Å². The predicted octanol–water partition coefficient (Wildman–Crippen LogP) is 10.7. The molecule has 0 amide bonds. The van der Waals surface area contributed by atoms with Gasteiger partial charge in [0.1, 0.15) is 12.6 Å². The number of hydrogen-bond acceptors (Lipinski definition) is 9. The number of aliphatic carboxylic acids is 1. The Balaban J connectivity index is 4.21. The summed E-state index contributed by atoms with van der Waals surface area (Å²) in [5.41, 5.74) is 5.32. The number of ether oxygens (including phenoxy) is 2. The van der Waals surface area contributed by atoms with Crippen LogP contribution in [0.1, 0.15) is 206 Å². The lowest BCUT2D eigenvalue weighted by atomic mass is 10.0. The van der Waals surface area contributed by atoms with Crippen LogP contribution in [-0.2, 0) is 37.5 Å². The smallest absolute Gasteiger partial charge is 0.472 e. The number of nitrogens with two attached hydrogens (primary N) is 1. The van der Waals surface area contributed by atoms with Crippen LogP contribution in [0, 0.1) is 0 Å². The van der Waals surface area contributed by atoms with Crippen LogP contribution in [0.5, 0.6) is 0 Å². The highest BCUT2D eigenvalue weighted by Crippen LogP contribution is 2.43. The maximum Gasteiger partial charge on any atom is 0.472 e. The molecule has 0 aromatic carbocycles. The lowest BCUT2D eigenvalue weighted by molar-refractivity contribution is -0.161. The van der Waals surface area contributed by atoms with E-state index in [2.05, 4.69) is 18.4 Å². The van der Waals surface area contributed by atoms with Crippen LogP contribution >= 0.6 is 7.82 Å². The number of carboxylic acids is 1. The number of carboxylic acid groups (broad SMARTS) is 1. The molecule has 0 aliphatic heterocycles. The van der Waals surface area contributed by atoms with Gasteiger partial charge in [0.05, 0.1) is 13.2 Å². The van der Waals surface area contributed by atoms with Crippen LogP contribution in [0.2, 0.25) is 0 Å². The topological polar surface area (TPSA) is 172 Å². The number of phosphoric acid groups is 1. The molecule has 1 unspecified atom stereocenters. The fourth-order valence-corrected chi connectivity index (χ4v) is 6.79. The monoisotopic (exact) mass is 764 g/mol. The van der Waals surface area contributed by atoms with Crippen molar-refractivity contribution in [1.29, 1.82) is 0 Å². The van der Waals surface area contributed by atoms with Crippen molar-refractivity contribution in [2.75, 3.05) is 19.8 Å². The summed E-state index contributed by atoms with van der Waals surface area (Å²) in [6.45, 7) is 2.78. The first kappa shape index (κ1) is 50.5. The van der Waals surface area contributed by atoms with E-state index in [9.17, 15) is 23.8 Å². The molecule has 0 bridgehead atoms. The molecule has 52 heavy (non-hydrogen) atoms. The van der Waals surface area contributed by atoms with Gasteiger partial charge in [0, 0.05) is 12.8 Å². The van der Waals surface area contributed by atoms with Crippen LogP contribution in [0.3, 0.4) is 0 Å². The molecule has 0 aromatic heterocycles. The van der Waals surface area contributed by atoms with Gasteiger partial charge in [0.15, 0.2) is 6.10 Å². The zero-order valence-electron chi connectivity index (χ0n) is 33.2. The lowest BCUT2D eigenvalue weighted by Crippen LogP contribution is -2.34. The summed E-state index contributed by atoms with van der Waals surface area (Å²) in [5.74, 6) is -2.37. The summed E-state index contributed by atoms with van der Waals surface area (Å²) in [6.07, 6.45) is 33.3. The number of carbonyl (C=O) groups is 3. The van der Waals surface area contributed by atoms with E-state index in [-0.39, 0.29) is 19.4 Å². The summed E-state index contributed by atoms with van der Waals surface area (Å²) < 4.78 is 32.6. The van der Waals surface area contributed by atoms with Crippen LogP contribution in [0.15, 0.2) is 0 Å². The molecule has 0 aromatic rings. The highest BCUT2D eigenvalue weighted by atomic mass is 31.2. The van der Waals surface area contributed by atoms with Gasteiger partial charge in [-0.05, 0) is 12.8 Å². The van der Waals surface area contributed by atoms with Crippen molar-refractivity contribution in [2.45, 2.75) is 219 Å². The van der Waals surface area contributed by atoms with Gasteiger partial charge in [-0.25, -0.2) is 4.57 Å². The number of phosphoric ester groups is 1. The summed E-state index contributed by atoms with van der Waals surface area (Å²) in [6, 6.07) is -1.51. The van der Waals surface area contributed by atoms with Crippen molar-refractivity contribution in [2.24, 2.45) is 5.73 Å². The fraction of sp³-hybridized carbons (Fsp3) is 0.925. The zero-order chi connectivity index (χ0) is 38.5. The number of hydrogen-bond donors (Lipinski definition) is 3. The maximum absolute atomic E-state index is 12.6. The van der Waals surface area contributed by atoms with Gasteiger partial charge in [0.2, 0.25) is 0 Å². The SMILES string of the molecule is CCCCCCCCCCCCCCCCCCCCCCC(=O)O[C@@H](COC(=O)CCCCCCCCCC)COP(=O)(O)OC[C@H](N)C(=O)O. The van der Waals surface area contributed by atoms with Gasteiger partial charge in [-0.15, -0.1) is 0 Å². The first-order valence-corrected chi connectivity index (χ1v) is 22.6. The van der Waals surface area contributed by atoms with Crippen molar-refractivity contribution in [3.63, 3.8) is 0 Å². The first-order valence-electron chi connectivity index (χ1n) is 21.1. The Morgan fingerprint density at radius 3 is 1.21 bits per heavy atom. The van der Waals surface area contributed by atoms with Crippen LogP contribution in [0.4, 0.5) is 0 Å². The second-order valence-corrected chi connectivity index (χ2v) is 15.9. The molecule has 0 radical (unpaired) electrons. The van der Waals surface area contributed by atoms with E-state index >= 15 is 0 Å². The van der Waals surface area contributed by atoms with E-state index < -0.39 is 51.1 Å². The number of rotatable bonds is 40. The van der Waals surface area contributed by atoms with E-state index in [4.69, 9.17) is 24.8 Å². The molecule has 0 saturated carbocycles. The van der Waals surface area contributed by atoms with E-state index in [0.29, 0.717) is 12.8 Å². The molecule has 11 nitrogen and oxygen atoms in total. The van der Waals surface area contributed by atoms with Crippen molar-refractivity contribution in [3.8, 4) is 0 Å². The van der Waals surface area contributed by atoms with Crippen LogP contribution in [-0.4, -0.2) is 59.9 Å². The minimum atomic E-state index is -4.70. The molecule has 12 heteroatoms. The van der Waals surface area contributed by atoms with E-state index in [1.807, 2.05) is 0 Å². The minimum Gasteiger partial charge on any atom is -0.480 e. The highest BCUT2D eigenvalue weighted by Gasteiger charge is 2.28. The molecule has 308 valence electrons. The molecular formula is C40H78NO10P. The molecular weight excluding hydrogens is 685 g/mol. The van der Waals surface area contributed by atoms with Crippen molar-refractivity contribution < 1.29 is 47.5 Å². The van der Waals surface area contributed by atoms with Crippen LogP contribution < -0.4 is 5.73 Å². The molecule has 3 atom stereocenters. The van der Waals surface area contributed by atoms with Crippen molar-refractivity contribution in [3.05, 3.63) is 0 Å². The van der Waals surface area contributed by atoms with Crippen molar-refractivity contribution >= 4 is 25.7 Å². The molecule has 0 fully saturated rings. The molecule has 0 heterocycles. The van der Waals surface area contributed by atoms with Gasteiger partial charge in [0.25, 0.3) is 0 Å². The third kappa shape index (κ3) is 35.5. The molecule has 0 saturated heterocycles. The third-order valence-electron chi connectivity index (χ3n) is 9.36. The molecule has 0 aliphatic carbocycles. The van der Waals surface area contributed by atoms with E-state index in [0.717, 1.165) is 38.5 Å². The molecule has 0 spiro atoms. The average Bonchev–Trinajstić information content (AvgIpc) is 3.12. The number of esters is 2. The Morgan fingerprint density at radius 2 is 0.846 bits per heavy atom. The molecule has 4 N–H and O–H groups in total. The first-order chi connectivity index (χ1) is 25.1. The molecule has 0 rings (SSSR count). The van der Waals surface area contributed by atoms with Crippen molar-refractivity contribution in [1.82, 2.24) is 0 Å². The fourth-order valence-electron chi connectivity index (χ4n) is 6.01. The number of unbranched alkanes of at least 4 members (excludes halogenated alkanes) is 26. The number of carbonyl (C=O) groups excluding carboxylic acids is 2. The predicted molar refractivity (Wildman–Crippen MR) is 208 cm³/mol. The Bertz CT molecular complexity index is 906. The minimum absolute atomic E-state index is 0.169. The Kier molecular flexibility index (Phi) is 35.4. The van der Waals surface area contributed by atoms with Crippen LogP contribution in [0.25, 0.3) is 0 Å². The van der Waals surface area contributed by atoms with Gasteiger partial charge in [-0.1, -0.05) is 181 Å². The van der Waals surface area contributed by atoms with Gasteiger partial charge >= 0.3 is 25.7 Å². The summed E-state index contributed by atoms with van der Waals surface area (Å²) >= 11 is 0. The van der Waals surface area contributed by atoms with Gasteiger partial charge < -0.3 is 25.2 Å². The second-order valence-electron chi connectivity index (χ2n) is 14.5. The van der Waals surface area contributed by atoms with E-state index in [1.54, 1.807) is 0 Å². The quantitative estimate of drug-likeness (QED) is 0.0308. The Hall–Kier alpha value is -1.52. The highest BCUT2D eigenvalue weighted by molar-refractivity contribution is 7.47. The second kappa shape index (κ2) is 36.5. The third-order valence-corrected chi connectivity index (χ3v) is 10.3. The average molecular weight is 764 g/mol. The van der Waals surface area contributed by atoms with Gasteiger partial charge in [-0.2, -0.15) is 0 Å². The largest absolute Gasteiger partial charge is 0.480 e. The standard InChI is InChI=1S/C40H78NO10P/c1-3-5-7-9-11-13-14-15-16-17-18-19-20-21-22-23-24-26-28-30-32-39(43)51-36(34-49-52(46,47)50-35-37(41)40(44)45)33-48-38(42)31-29-27-25-12-10-8-6-4-2/h36-37H,3-35,41H2,1-2H3,(H,44,45)(H,46,47)/t36-,37-/m0/s1. The summed E-state index contributed by atoms with van der Waals surface area (Å²) in [4.78, 5) is 45.7. The van der Waals surface area contributed by atoms with Gasteiger partial charge in [-0.3, -0.25) is 23.4 Å². The normalized spacial score (nSPS) is 13.8. The summed E-state index contributed by atoms with van der Waals surface area (Å²) in [5, 5.41) is 8.86.